The Hall–Kier alpha value is -3.74. The standard InChI is InChI=1S/C35H40F3N3O6/c1-46-30-20-47-15-12-29(30)39-27-10-13-34(17-27)21-41(31(42)9-4-22-2-5-24(6-3-22)33(44)45)19-28(34)32(43)40-14-11-23-7-8-26(35(36,37)38)16-25(23)18-40/h2-9,16,27-30,39H,10-15,17-21H2,1H3,(H,44,45). The quantitative estimate of drug-likeness (QED) is 0.426. The van der Waals surface area contributed by atoms with Gasteiger partial charge in [-0.05, 0) is 79.1 Å². The minimum absolute atomic E-state index is 0.0795. The van der Waals surface area contributed by atoms with Gasteiger partial charge in [0.2, 0.25) is 11.8 Å². The van der Waals surface area contributed by atoms with E-state index in [1.807, 2.05) is 0 Å². The first-order valence-electron chi connectivity index (χ1n) is 16.1. The van der Waals surface area contributed by atoms with Crippen LogP contribution in [0.3, 0.4) is 0 Å². The number of aromatic carboxylic acids is 1. The molecule has 0 aromatic heterocycles. The predicted octanol–water partition coefficient (Wildman–Crippen LogP) is 4.39. The highest BCUT2D eigenvalue weighted by Gasteiger charge is 2.55. The number of hydrogen-bond acceptors (Lipinski definition) is 6. The van der Waals surface area contributed by atoms with Crippen LogP contribution in [0.15, 0.2) is 48.5 Å². The lowest BCUT2D eigenvalue weighted by Crippen LogP contribution is -2.51. The zero-order chi connectivity index (χ0) is 33.3. The maximum atomic E-state index is 14.3. The second kappa shape index (κ2) is 13.4. The number of ether oxygens (including phenoxy) is 2. The highest BCUT2D eigenvalue weighted by molar-refractivity contribution is 5.93. The Morgan fingerprint density at radius 1 is 1.09 bits per heavy atom. The molecular weight excluding hydrogens is 615 g/mol. The summed E-state index contributed by atoms with van der Waals surface area (Å²) in [6.07, 6.45) is 2.04. The first-order chi connectivity index (χ1) is 22.5. The Balaban J connectivity index is 1.21. The van der Waals surface area contributed by atoms with Crippen LogP contribution in [0.1, 0.15) is 58.3 Å². The van der Waals surface area contributed by atoms with Gasteiger partial charge in [0.1, 0.15) is 0 Å². The van der Waals surface area contributed by atoms with Crippen molar-refractivity contribution in [2.45, 2.75) is 63.0 Å². The normalized spacial score (nSPS) is 27.8. The molecule has 252 valence electrons. The summed E-state index contributed by atoms with van der Waals surface area (Å²) in [5, 5.41) is 12.9. The molecule has 3 fully saturated rings. The van der Waals surface area contributed by atoms with E-state index >= 15 is 0 Å². The van der Waals surface area contributed by atoms with Gasteiger partial charge in [-0.2, -0.15) is 13.2 Å². The van der Waals surface area contributed by atoms with E-state index in [4.69, 9.17) is 14.6 Å². The molecule has 47 heavy (non-hydrogen) atoms. The maximum absolute atomic E-state index is 14.3. The highest BCUT2D eigenvalue weighted by atomic mass is 19.4. The maximum Gasteiger partial charge on any atom is 0.416 e. The number of likely N-dealkylation sites (tertiary alicyclic amines) is 1. The van der Waals surface area contributed by atoms with Crippen LogP contribution in [0.5, 0.6) is 0 Å². The molecule has 1 saturated carbocycles. The lowest BCUT2D eigenvalue weighted by Gasteiger charge is -2.37. The number of nitrogens with one attached hydrogen (secondary N) is 1. The fourth-order valence-electron chi connectivity index (χ4n) is 7.82. The lowest BCUT2D eigenvalue weighted by molar-refractivity contribution is -0.139. The third-order valence-corrected chi connectivity index (χ3v) is 10.4. The number of fused-ring (bicyclic) bond motifs is 1. The molecule has 3 heterocycles. The van der Waals surface area contributed by atoms with E-state index in [9.17, 15) is 27.6 Å². The summed E-state index contributed by atoms with van der Waals surface area (Å²) in [4.78, 5) is 42.4. The molecule has 0 radical (unpaired) electrons. The number of nitrogens with zero attached hydrogens (tertiary/aromatic N) is 2. The molecule has 2 saturated heterocycles. The number of rotatable bonds is 7. The van der Waals surface area contributed by atoms with Crippen LogP contribution in [0.25, 0.3) is 6.08 Å². The molecular formula is C35H40F3N3O6. The van der Waals surface area contributed by atoms with E-state index in [1.165, 1.54) is 24.3 Å². The molecule has 6 rings (SSSR count). The Morgan fingerprint density at radius 3 is 2.60 bits per heavy atom. The van der Waals surface area contributed by atoms with Crippen LogP contribution in [0, 0.1) is 11.3 Å². The third kappa shape index (κ3) is 7.09. The lowest BCUT2D eigenvalue weighted by atomic mass is 9.75. The van der Waals surface area contributed by atoms with E-state index in [0.717, 1.165) is 37.0 Å². The second-order valence-corrected chi connectivity index (χ2v) is 13.2. The van der Waals surface area contributed by atoms with Crippen LogP contribution < -0.4 is 5.32 Å². The van der Waals surface area contributed by atoms with Crippen molar-refractivity contribution in [1.29, 1.82) is 0 Å². The summed E-state index contributed by atoms with van der Waals surface area (Å²) in [5.41, 5.74) is 0.931. The summed E-state index contributed by atoms with van der Waals surface area (Å²) < 4.78 is 51.7. The SMILES string of the molecule is COC1COCCC1NC1CCC2(C1)CN(C(=O)C=Cc1ccc(C(=O)O)cc1)CC2C(=O)N1CCc2ccc(C(F)(F)F)cc2C1. The number of carbonyl (C=O) groups excluding carboxylic acids is 2. The number of methoxy groups -OCH3 is 1. The van der Waals surface area contributed by atoms with Gasteiger partial charge in [0, 0.05) is 63.5 Å². The second-order valence-electron chi connectivity index (χ2n) is 13.2. The molecule has 9 nitrogen and oxygen atoms in total. The van der Waals surface area contributed by atoms with Gasteiger partial charge in [0.25, 0.3) is 0 Å². The molecule has 5 atom stereocenters. The third-order valence-electron chi connectivity index (χ3n) is 10.4. The van der Waals surface area contributed by atoms with Crippen molar-refractivity contribution in [2.75, 3.05) is 40.0 Å². The van der Waals surface area contributed by atoms with E-state index in [-0.39, 0.29) is 48.7 Å². The first kappa shape index (κ1) is 33.2. The van der Waals surface area contributed by atoms with Gasteiger partial charge < -0.3 is 29.7 Å². The average Bonchev–Trinajstić information content (AvgIpc) is 3.65. The number of carboxylic acids is 1. The van der Waals surface area contributed by atoms with Crippen LogP contribution in [0.2, 0.25) is 0 Å². The molecule has 2 aromatic rings. The summed E-state index contributed by atoms with van der Waals surface area (Å²) in [5.74, 6) is -1.91. The largest absolute Gasteiger partial charge is 0.478 e. The van der Waals surface area contributed by atoms with Gasteiger partial charge in [-0.15, -0.1) is 0 Å². The van der Waals surface area contributed by atoms with Gasteiger partial charge in [-0.1, -0.05) is 18.2 Å². The molecule has 1 spiro atoms. The fraction of sp³-hybridized carbons (Fsp3) is 0.514. The minimum Gasteiger partial charge on any atom is -0.478 e. The monoisotopic (exact) mass is 655 g/mol. The zero-order valence-electron chi connectivity index (χ0n) is 26.3. The molecule has 4 aliphatic rings. The predicted molar refractivity (Wildman–Crippen MR) is 166 cm³/mol. The van der Waals surface area contributed by atoms with Crippen molar-refractivity contribution in [3.63, 3.8) is 0 Å². The fourth-order valence-corrected chi connectivity index (χ4v) is 7.82. The van der Waals surface area contributed by atoms with E-state index in [2.05, 4.69) is 5.32 Å². The van der Waals surface area contributed by atoms with E-state index in [0.29, 0.717) is 50.3 Å². The Morgan fingerprint density at radius 2 is 1.87 bits per heavy atom. The first-order valence-corrected chi connectivity index (χ1v) is 16.1. The van der Waals surface area contributed by atoms with Crippen molar-refractivity contribution >= 4 is 23.9 Å². The van der Waals surface area contributed by atoms with Gasteiger partial charge >= 0.3 is 12.1 Å². The highest BCUT2D eigenvalue weighted by Crippen LogP contribution is 2.50. The zero-order valence-corrected chi connectivity index (χ0v) is 26.3. The summed E-state index contributed by atoms with van der Waals surface area (Å²) in [6, 6.07) is 10.2. The van der Waals surface area contributed by atoms with Crippen LogP contribution in [-0.4, -0.2) is 90.8 Å². The van der Waals surface area contributed by atoms with Crippen LogP contribution in [-0.2, 0) is 38.2 Å². The van der Waals surface area contributed by atoms with Crippen LogP contribution >= 0.6 is 0 Å². The molecule has 2 N–H and O–H groups in total. The molecule has 2 aromatic carbocycles. The number of halogens is 3. The number of alkyl halides is 3. The van der Waals surface area contributed by atoms with Crippen molar-refractivity contribution in [3.8, 4) is 0 Å². The Kier molecular flexibility index (Phi) is 9.46. The molecule has 5 unspecified atom stereocenters. The van der Waals surface area contributed by atoms with Crippen molar-refractivity contribution in [3.05, 3.63) is 76.4 Å². The summed E-state index contributed by atoms with van der Waals surface area (Å²) in [7, 11) is 1.67. The molecule has 3 aliphatic heterocycles. The van der Waals surface area contributed by atoms with Crippen LogP contribution in [0.4, 0.5) is 13.2 Å². The molecule has 0 bridgehead atoms. The summed E-state index contributed by atoms with van der Waals surface area (Å²) >= 11 is 0. The number of carbonyl (C=O) groups is 3. The smallest absolute Gasteiger partial charge is 0.416 e. The molecule has 12 heteroatoms. The number of amides is 2. The molecule has 2 amide bonds. The average molecular weight is 656 g/mol. The minimum atomic E-state index is -4.47. The van der Waals surface area contributed by atoms with Gasteiger partial charge in [0.15, 0.2) is 0 Å². The van der Waals surface area contributed by atoms with E-state index < -0.39 is 29.0 Å². The van der Waals surface area contributed by atoms with Crippen molar-refractivity contribution in [1.82, 2.24) is 15.1 Å². The number of carboxylic acid groups (broad SMARTS) is 1. The van der Waals surface area contributed by atoms with Gasteiger partial charge in [-0.25, -0.2) is 4.79 Å². The van der Waals surface area contributed by atoms with Crippen molar-refractivity contribution < 1.29 is 42.1 Å². The number of benzene rings is 2. The van der Waals surface area contributed by atoms with Crippen molar-refractivity contribution in [2.24, 2.45) is 11.3 Å². The number of hydrogen-bond donors (Lipinski definition) is 2. The summed E-state index contributed by atoms with van der Waals surface area (Å²) in [6.45, 7) is 2.26. The topological polar surface area (TPSA) is 108 Å². The van der Waals surface area contributed by atoms with E-state index in [1.54, 1.807) is 35.1 Å². The van der Waals surface area contributed by atoms with Gasteiger partial charge in [-0.3, -0.25) is 9.59 Å². The van der Waals surface area contributed by atoms with Gasteiger partial charge in [0.05, 0.1) is 29.8 Å². The molecule has 1 aliphatic carbocycles. The Labute approximate surface area is 271 Å². The Bertz CT molecular complexity index is 1530.